The molecule has 236 valence electrons. The average Bonchev–Trinajstić information content (AvgIpc) is 2.90. The number of hydrogen-bond acceptors (Lipinski definition) is 11. The summed E-state index contributed by atoms with van der Waals surface area (Å²) in [5, 5.41) is 39.3. The largest absolute Gasteiger partial charge is 0.461 e. The molecule has 8 N–H and O–H groups in total. The van der Waals surface area contributed by atoms with Crippen LogP contribution in [0.5, 0.6) is 5.75 Å². The Morgan fingerprint density at radius 3 is 2.14 bits per heavy atom. The fourth-order valence-corrected chi connectivity index (χ4v) is 4.02. The van der Waals surface area contributed by atoms with Crippen LogP contribution in [-0.4, -0.2) is 87.8 Å². The zero-order chi connectivity index (χ0) is 31.9. The number of primary amides is 1. The lowest BCUT2D eigenvalue weighted by atomic mass is 9.98. The molecule has 14 nitrogen and oxygen atoms in total. The van der Waals surface area contributed by atoms with Crippen LogP contribution in [0.2, 0.25) is 0 Å². The minimum Gasteiger partial charge on any atom is -0.461 e. The highest BCUT2D eigenvalue weighted by Crippen LogP contribution is 2.31. The van der Waals surface area contributed by atoms with Crippen LogP contribution in [0, 0.1) is 11.8 Å². The van der Waals surface area contributed by atoms with Gasteiger partial charge in [0.25, 0.3) is 0 Å². The standard InChI is InChI=1S/C28H44N4O10/c1-12(2)19(30-14(5)6)26(38)31-15(7)25(37)32-17-9-8-16(11-40-27(39)13(3)4)10-18(17)41-28-22(35)20(33)21(34)23(42-28)24(29)36/h8-10,12-15,19-23,28,30,33-35H,11H2,1-7H3,(H2,29,36)(H,31,38)(H,32,37)/t15-,19-,20-,21-,22+,23-,28+/m0/s1. The molecular weight excluding hydrogens is 552 g/mol. The molecule has 0 radical (unpaired) electrons. The molecular formula is C28H44N4O10. The van der Waals surface area contributed by atoms with Crippen molar-refractivity contribution in [2.75, 3.05) is 5.32 Å². The fraction of sp³-hybridized carbons (Fsp3) is 0.643. The number of aliphatic hydroxyl groups is 3. The number of ether oxygens (including phenoxy) is 3. The third-order valence-electron chi connectivity index (χ3n) is 6.46. The Morgan fingerprint density at radius 2 is 1.60 bits per heavy atom. The maximum absolute atomic E-state index is 13.1. The van der Waals surface area contributed by atoms with Gasteiger partial charge in [0, 0.05) is 6.04 Å². The van der Waals surface area contributed by atoms with Gasteiger partial charge in [-0.25, -0.2) is 0 Å². The normalized spacial score (nSPS) is 23.8. The van der Waals surface area contributed by atoms with Crippen molar-refractivity contribution in [2.24, 2.45) is 17.6 Å². The Hall–Kier alpha value is -3.30. The molecule has 14 heteroatoms. The molecule has 0 unspecified atom stereocenters. The van der Waals surface area contributed by atoms with E-state index >= 15 is 0 Å². The first kappa shape index (κ1) is 34.9. The molecule has 1 aliphatic rings. The van der Waals surface area contributed by atoms with Crippen LogP contribution in [0.1, 0.15) is 54.0 Å². The van der Waals surface area contributed by atoms with Crippen LogP contribution in [0.3, 0.4) is 0 Å². The number of rotatable bonds is 13. The SMILES string of the molecule is CC(C)N[C@H](C(=O)N[C@@H](C)C(=O)Nc1ccc(COC(=O)C(C)C)cc1O[C@@H]1O[C@H](C(N)=O)[C@@H](O)[C@H](O)[C@H]1O)C(C)C. The number of aliphatic hydroxyl groups excluding tert-OH is 3. The van der Waals surface area contributed by atoms with Gasteiger partial charge in [-0.05, 0) is 30.5 Å². The van der Waals surface area contributed by atoms with Crippen LogP contribution in [-0.2, 0) is 35.3 Å². The number of nitrogens with two attached hydrogens (primary N) is 1. The first-order chi connectivity index (χ1) is 19.5. The summed E-state index contributed by atoms with van der Waals surface area (Å²) in [7, 11) is 0. The molecule has 1 aromatic rings. The minimum atomic E-state index is -1.84. The molecule has 3 amide bonds. The maximum Gasteiger partial charge on any atom is 0.308 e. The van der Waals surface area contributed by atoms with E-state index < -0.39 is 60.6 Å². The molecule has 0 aromatic heterocycles. The van der Waals surface area contributed by atoms with Crippen molar-refractivity contribution in [2.45, 2.75) is 104 Å². The van der Waals surface area contributed by atoms with Crippen LogP contribution in [0.25, 0.3) is 0 Å². The van der Waals surface area contributed by atoms with Gasteiger partial charge >= 0.3 is 5.97 Å². The summed E-state index contributed by atoms with van der Waals surface area (Å²) in [6.45, 7) is 12.3. The van der Waals surface area contributed by atoms with Crippen LogP contribution in [0.15, 0.2) is 18.2 Å². The van der Waals surface area contributed by atoms with E-state index in [0.29, 0.717) is 5.56 Å². The molecule has 42 heavy (non-hydrogen) atoms. The summed E-state index contributed by atoms with van der Waals surface area (Å²) in [4.78, 5) is 49.7. The highest BCUT2D eigenvalue weighted by molar-refractivity contribution is 5.98. The number of hydrogen-bond donors (Lipinski definition) is 7. The maximum atomic E-state index is 13.1. The number of esters is 1. The summed E-state index contributed by atoms with van der Waals surface area (Å²) in [5.41, 5.74) is 5.77. The first-order valence-electron chi connectivity index (χ1n) is 13.9. The van der Waals surface area contributed by atoms with Crippen molar-refractivity contribution in [3.8, 4) is 5.75 Å². The highest BCUT2D eigenvalue weighted by atomic mass is 16.7. The van der Waals surface area contributed by atoms with Gasteiger partial charge in [-0.15, -0.1) is 0 Å². The number of carbonyl (C=O) groups is 4. The number of anilines is 1. The Kier molecular flexibility index (Phi) is 12.7. The molecule has 2 rings (SSSR count). The Labute approximate surface area is 245 Å². The Morgan fingerprint density at radius 1 is 0.952 bits per heavy atom. The lowest BCUT2D eigenvalue weighted by Gasteiger charge is -2.39. The zero-order valence-electron chi connectivity index (χ0n) is 25.0. The minimum absolute atomic E-state index is 0.0384. The highest BCUT2D eigenvalue weighted by Gasteiger charge is 2.47. The predicted octanol–water partition coefficient (Wildman–Crippen LogP) is -0.477. The fourth-order valence-electron chi connectivity index (χ4n) is 4.02. The Balaban J connectivity index is 2.31. The number of nitrogens with one attached hydrogen (secondary N) is 3. The van der Waals surface area contributed by atoms with Crippen LogP contribution in [0.4, 0.5) is 5.69 Å². The predicted molar refractivity (Wildman–Crippen MR) is 151 cm³/mol. The van der Waals surface area contributed by atoms with Gasteiger partial charge in [-0.1, -0.05) is 47.6 Å². The van der Waals surface area contributed by atoms with Crippen molar-refractivity contribution in [1.29, 1.82) is 0 Å². The van der Waals surface area contributed by atoms with Crippen molar-refractivity contribution >= 4 is 29.4 Å². The van der Waals surface area contributed by atoms with E-state index in [4.69, 9.17) is 19.9 Å². The van der Waals surface area contributed by atoms with Crippen molar-refractivity contribution < 1.29 is 48.7 Å². The summed E-state index contributed by atoms with van der Waals surface area (Å²) >= 11 is 0. The number of amides is 3. The van der Waals surface area contributed by atoms with Crippen LogP contribution < -0.4 is 26.4 Å². The van der Waals surface area contributed by atoms with Crippen LogP contribution >= 0.6 is 0 Å². The van der Waals surface area contributed by atoms with E-state index in [1.54, 1.807) is 19.9 Å². The second-order valence-electron chi connectivity index (χ2n) is 11.3. The first-order valence-corrected chi connectivity index (χ1v) is 13.9. The summed E-state index contributed by atoms with van der Waals surface area (Å²) in [5.74, 6) is -3.00. The summed E-state index contributed by atoms with van der Waals surface area (Å²) in [6, 6.07) is 2.95. The average molecular weight is 597 g/mol. The van der Waals surface area contributed by atoms with Gasteiger partial charge in [0.05, 0.1) is 17.6 Å². The lowest BCUT2D eigenvalue weighted by Crippen LogP contribution is -2.62. The molecule has 7 atom stereocenters. The molecule has 0 aliphatic carbocycles. The van der Waals surface area contributed by atoms with E-state index in [2.05, 4.69) is 16.0 Å². The molecule has 1 aromatic carbocycles. The molecule has 1 aliphatic heterocycles. The summed E-state index contributed by atoms with van der Waals surface area (Å²) < 4.78 is 16.4. The Bertz CT molecular complexity index is 1110. The molecule has 1 fully saturated rings. The van der Waals surface area contributed by atoms with E-state index in [-0.39, 0.29) is 41.8 Å². The second-order valence-corrected chi connectivity index (χ2v) is 11.3. The molecule has 1 heterocycles. The van der Waals surface area contributed by atoms with Crippen molar-refractivity contribution in [3.05, 3.63) is 23.8 Å². The summed E-state index contributed by atoms with van der Waals surface area (Å²) in [6.07, 6.45) is -8.82. The quantitative estimate of drug-likeness (QED) is 0.144. The van der Waals surface area contributed by atoms with E-state index in [0.717, 1.165) is 0 Å². The molecule has 0 spiro atoms. The third-order valence-corrected chi connectivity index (χ3v) is 6.46. The van der Waals surface area contributed by atoms with Gasteiger partial charge in [-0.2, -0.15) is 0 Å². The van der Waals surface area contributed by atoms with E-state index in [9.17, 15) is 34.5 Å². The third kappa shape index (κ3) is 9.36. The van der Waals surface area contributed by atoms with Gasteiger partial charge in [0.2, 0.25) is 24.0 Å². The van der Waals surface area contributed by atoms with Gasteiger partial charge in [0.15, 0.2) is 6.10 Å². The molecule has 0 saturated carbocycles. The topological polar surface area (TPSA) is 219 Å². The van der Waals surface area contributed by atoms with E-state index in [1.165, 1.54) is 19.1 Å². The monoisotopic (exact) mass is 596 g/mol. The molecule has 1 saturated heterocycles. The zero-order valence-corrected chi connectivity index (χ0v) is 25.0. The molecule has 0 bridgehead atoms. The van der Waals surface area contributed by atoms with Gasteiger partial charge in [0.1, 0.15) is 36.7 Å². The van der Waals surface area contributed by atoms with Gasteiger partial charge in [-0.3, -0.25) is 19.2 Å². The smallest absolute Gasteiger partial charge is 0.308 e. The van der Waals surface area contributed by atoms with Gasteiger partial charge < -0.3 is 51.2 Å². The number of carbonyl (C=O) groups excluding carboxylic acids is 4. The van der Waals surface area contributed by atoms with E-state index in [1.807, 2.05) is 27.7 Å². The van der Waals surface area contributed by atoms with Crippen molar-refractivity contribution in [1.82, 2.24) is 10.6 Å². The number of benzene rings is 1. The second kappa shape index (κ2) is 15.3. The lowest BCUT2D eigenvalue weighted by molar-refractivity contribution is -0.265. The van der Waals surface area contributed by atoms with Crippen molar-refractivity contribution in [3.63, 3.8) is 0 Å².